The van der Waals surface area contributed by atoms with Gasteiger partial charge >= 0.3 is 0 Å². The first-order chi connectivity index (χ1) is 15.1. The summed E-state index contributed by atoms with van der Waals surface area (Å²) in [5.41, 5.74) is 1.91. The minimum Gasteiger partial charge on any atom is -0.350 e. The molecule has 1 fully saturated rings. The molecule has 2 heterocycles. The number of nitrogens with one attached hydrogen (secondary N) is 2. The van der Waals surface area contributed by atoms with E-state index < -0.39 is 0 Å². The van der Waals surface area contributed by atoms with E-state index in [4.69, 9.17) is 11.6 Å². The molecule has 1 aromatic carbocycles. The Labute approximate surface area is 189 Å². The lowest BCUT2D eigenvalue weighted by Gasteiger charge is -2.21. The van der Waals surface area contributed by atoms with E-state index in [1.165, 1.54) is 11.3 Å². The summed E-state index contributed by atoms with van der Waals surface area (Å²) in [7, 11) is 0. The van der Waals surface area contributed by atoms with Crippen LogP contribution in [0.5, 0.6) is 0 Å². The molecule has 0 radical (unpaired) electrons. The van der Waals surface area contributed by atoms with Crippen LogP contribution in [0, 0.1) is 0 Å². The second-order valence-corrected chi connectivity index (χ2v) is 8.49. The molecule has 1 aliphatic carbocycles. The molecule has 1 saturated carbocycles. The molecule has 7 nitrogen and oxygen atoms in total. The van der Waals surface area contributed by atoms with Crippen LogP contribution in [-0.4, -0.2) is 39.3 Å². The number of nitrogens with zero attached hydrogens (tertiary/aromatic N) is 3. The van der Waals surface area contributed by atoms with Crippen LogP contribution in [0.15, 0.2) is 54.0 Å². The number of halogens is 1. The zero-order chi connectivity index (χ0) is 21.6. The number of thiazole rings is 1. The molecule has 0 bridgehead atoms. The van der Waals surface area contributed by atoms with Crippen molar-refractivity contribution in [2.24, 2.45) is 0 Å². The lowest BCUT2D eigenvalue weighted by atomic mass is 10.3. The highest BCUT2D eigenvalue weighted by molar-refractivity contribution is 7.14. The fraction of sp³-hybridized carbons (Fsp3) is 0.273. The third kappa shape index (κ3) is 5.80. The first kappa shape index (κ1) is 21.3. The minimum atomic E-state index is -0.150. The SMILES string of the molecule is O=C(CCN(C(=O)c1csc(Nc2ccccc2Cl)n1)C1CC1)NCc1ccccn1. The van der Waals surface area contributed by atoms with Gasteiger partial charge in [0, 0.05) is 30.6 Å². The van der Waals surface area contributed by atoms with Crippen LogP contribution in [0.2, 0.25) is 5.02 Å². The Morgan fingerprint density at radius 3 is 2.71 bits per heavy atom. The Bertz CT molecular complexity index is 1050. The van der Waals surface area contributed by atoms with Crippen LogP contribution >= 0.6 is 22.9 Å². The maximum Gasteiger partial charge on any atom is 0.273 e. The highest BCUT2D eigenvalue weighted by Crippen LogP contribution is 2.30. The summed E-state index contributed by atoms with van der Waals surface area (Å²) < 4.78 is 0. The predicted molar refractivity (Wildman–Crippen MR) is 122 cm³/mol. The summed E-state index contributed by atoms with van der Waals surface area (Å²) in [6.45, 7) is 0.739. The van der Waals surface area contributed by atoms with Gasteiger partial charge in [-0.15, -0.1) is 11.3 Å². The Hall–Kier alpha value is -2.97. The molecule has 4 rings (SSSR count). The fourth-order valence-electron chi connectivity index (χ4n) is 3.09. The molecule has 9 heteroatoms. The first-order valence-corrected chi connectivity index (χ1v) is 11.3. The number of carbonyl (C=O) groups is 2. The van der Waals surface area contributed by atoms with Crippen molar-refractivity contribution in [2.75, 3.05) is 11.9 Å². The van der Waals surface area contributed by atoms with Gasteiger partial charge in [0.1, 0.15) is 5.69 Å². The maximum atomic E-state index is 13.0. The highest BCUT2D eigenvalue weighted by Gasteiger charge is 2.34. The number of para-hydroxylation sites is 1. The third-order valence-corrected chi connectivity index (χ3v) is 5.95. The average molecular weight is 456 g/mol. The van der Waals surface area contributed by atoms with Crippen molar-refractivity contribution in [3.05, 3.63) is 70.5 Å². The summed E-state index contributed by atoms with van der Waals surface area (Å²) in [6.07, 6.45) is 3.84. The molecule has 2 aromatic heterocycles. The van der Waals surface area contributed by atoms with Crippen molar-refractivity contribution in [3.8, 4) is 0 Å². The number of carbonyl (C=O) groups excluding carboxylic acids is 2. The number of benzene rings is 1. The summed E-state index contributed by atoms with van der Waals surface area (Å²) in [5.74, 6) is -0.257. The summed E-state index contributed by atoms with van der Waals surface area (Å²) in [5, 5.41) is 8.92. The Morgan fingerprint density at radius 1 is 1.16 bits per heavy atom. The second-order valence-electron chi connectivity index (χ2n) is 7.22. The van der Waals surface area contributed by atoms with Gasteiger partial charge in [0.2, 0.25) is 5.91 Å². The van der Waals surface area contributed by atoms with E-state index in [-0.39, 0.29) is 24.3 Å². The normalized spacial score (nSPS) is 12.9. The highest BCUT2D eigenvalue weighted by atomic mass is 35.5. The number of amides is 2. The van der Waals surface area contributed by atoms with E-state index in [0.29, 0.717) is 28.9 Å². The number of aromatic nitrogens is 2. The van der Waals surface area contributed by atoms with E-state index in [1.807, 2.05) is 36.4 Å². The van der Waals surface area contributed by atoms with Gasteiger partial charge in [-0.2, -0.15) is 0 Å². The molecular weight excluding hydrogens is 434 g/mol. The van der Waals surface area contributed by atoms with Crippen molar-refractivity contribution in [2.45, 2.75) is 31.8 Å². The molecule has 2 N–H and O–H groups in total. The van der Waals surface area contributed by atoms with Gasteiger partial charge in [-0.1, -0.05) is 29.8 Å². The quantitative estimate of drug-likeness (QED) is 0.503. The van der Waals surface area contributed by atoms with Gasteiger partial charge in [0.25, 0.3) is 5.91 Å². The molecule has 0 unspecified atom stereocenters. The molecule has 0 atom stereocenters. The van der Waals surface area contributed by atoms with Gasteiger partial charge in [0.05, 0.1) is 22.9 Å². The average Bonchev–Trinajstić information content (AvgIpc) is 3.52. The van der Waals surface area contributed by atoms with Crippen LogP contribution < -0.4 is 10.6 Å². The van der Waals surface area contributed by atoms with E-state index in [9.17, 15) is 9.59 Å². The van der Waals surface area contributed by atoms with Crippen molar-refractivity contribution < 1.29 is 9.59 Å². The summed E-state index contributed by atoms with van der Waals surface area (Å²) in [4.78, 5) is 35.7. The van der Waals surface area contributed by atoms with Crippen molar-refractivity contribution in [1.82, 2.24) is 20.2 Å². The van der Waals surface area contributed by atoms with E-state index >= 15 is 0 Å². The zero-order valence-electron chi connectivity index (χ0n) is 16.8. The lowest BCUT2D eigenvalue weighted by molar-refractivity contribution is -0.121. The van der Waals surface area contributed by atoms with Crippen LogP contribution in [-0.2, 0) is 11.3 Å². The second kappa shape index (κ2) is 9.89. The fourth-order valence-corrected chi connectivity index (χ4v) is 3.97. The van der Waals surface area contributed by atoms with Crippen molar-refractivity contribution in [1.29, 1.82) is 0 Å². The van der Waals surface area contributed by atoms with Gasteiger partial charge < -0.3 is 15.5 Å². The topological polar surface area (TPSA) is 87.2 Å². The molecule has 3 aromatic rings. The molecule has 0 saturated heterocycles. The third-order valence-electron chi connectivity index (χ3n) is 4.86. The van der Waals surface area contributed by atoms with E-state index in [1.54, 1.807) is 22.5 Å². The number of rotatable bonds is 9. The lowest BCUT2D eigenvalue weighted by Crippen LogP contribution is -2.37. The maximum absolute atomic E-state index is 13.0. The summed E-state index contributed by atoms with van der Waals surface area (Å²) >= 11 is 7.52. The van der Waals surface area contributed by atoms with Crippen molar-refractivity contribution in [3.63, 3.8) is 0 Å². The summed E-state index contributed by atoms with van der Waals surface area (Å²) in [6, 6.07) is 13.1. The molecular formula is C22H22ClN5O2S. The number of hydrogen-bond acceptors (Lipinski definition) is 6. The first-order valence-electron chi connectivity index (χ1n) is 10.0. The zero-order valence-corrected chi connectivity index (χ0v) is 18.3. The van der Waals surface area contributed by atoms with Gasteiger partial charge in [-0.25, -0.2) is 4.98 Å². The Morgan fingerprint density at radius 2 is 1.97 bits per heavy atom. The molecule has 0 aliphatic heterocycles. The van der Waals surface area contributed by atoms with Gasteiger partial charge in [0.15, 0.2) is 5.13 Å². The van der Waals surface area contributed by atoms with E-state index in [2.05, 4.69) is 20.6 Å². The number of anilines is 2. The molecule has 2 amide bonds. The Kier molecular flexibility index (Phi) is 6.79. The molecule has 0 spiro atoms. The smallest absolute Gasteiger partial charge is 0.273 e. The number of hydrogen-bond donors (Lipinski definition) is 2. The molecule has 1 aliphatic rings. The Balaban J connectivity index is 1.33. The van der Waals surface area contributed by atoms with Crippen LogP contribution in [0.4, 0.5) is 10.8 Å². The molecule has 160 valence electrons. The van der Waals surface area contributed by atoms with Crippen LogP contribution in [0.3, 0.4) is 0 Å². The van der Waals surface area contributed by atoms with Crippen LogP contribution in [0.1, 0.15) is 35.4 Å². The standard InChI is InChI=1S/C22H22ClN5O2S/c23-17-6-1-2-7-18(17)26-22-27-19(14-31-22)21(30)28(16-8-9-16)12-10-20(29)25-13-15-5-3-4-11-24-15/h1-7,11,14,16H,8-10,12-13H2,(H,25,29)(H,26,27). The van der Waals surface area contributed by atoms with Gasteiger partial charge in [-0.3, -0.25) is 14.6 Å². The molecule has 31 heavy (non-hydrogen) atoms. The number of pyridine rings is 1. The largest absolute Gasteiger partial charge is 0.350 e. The predicted octanol–water partition coefficient (Wildman–Crippen LogP) is 4.25. The van der Waals surface area contributed by atoms with E-state index in [0.717, 1.165) is 24.2 Å². The van der Waals surface area contributed by atoms with Crippen molar-refractivity contribution >= 4 is 45.6 Å². The monoisotopic (exact) mass is 455 g/mol. The van der Waals surface area contributed by atoms with Gasteiger partial charge in [-0.05, 0) is 37.1 Å². The van der Waals surface area contributed by atoms with Crippen LogP contribution in [0.25, 0.3) is 0 Å². The minimum absolute atomic E-state index is 0.108.